The van der Waals surface area contributed by atoms with Crippen LogP contribution in [0.15, 0.2) is 4.99 Å². The minimum Gasteiger partial charge on any atom is -0.466 e. The van der Waals surface area contributed by atoms with Crippen molar-refractivity contribution < 1.29 is 14.3 Å². The summed E-state index contributed by atoms with van der Waals surface area (Å²) >= 11 is 0. The summed E-state index contributed by atoms with van der Waals surface area (Å²) in [5.74, 6) is 0.465. The van der Waals surface area contributed by atoms with Crippen LogP contribution in [0.1, 0.15) is 40.5 Å². The summed E-state index contributed by atoms with van der Waals surface area (Å²) in [6.45, 7) is 10.6. The molecule has 0 aromatic carbocycles. The second kappa shape index (κ2) is 9.49. The molecule has 24 heavy (non-hydrogen) atoms. The molecule has 0 aromatic heterocycles. The molecule has 0 bridgehead atoms. The number of carbonyl (C=O) groups excluding carboxylic acids is 2. The summed E-state index contributed by atoms with van der Waals surface area (Å²) in [5.41, 5.74) is -0.578. The smallest absolute Gasteiger partial charge is 0.310 e. The van der Waals surface area contributed by atoms with E-state index >= 15 is 0 Å². The Morgan fingerprint density at radius 2 is 2.04 bits per heavy atom. The number of rotatable bonds is 6. The number of guanidine groups is 1. The van der Waals surface area contributed by atoms with Crippen LogP contribution in [-0.4, -0.2) is 62.6 Å². The number of hydrogen-bond acceptors (Lipinski definition) is 4. The molecule has 1 saturated heterocycles. The van der Waals surface area contributed by atoms with Crippen LogP contribution in [0.5, 0.6) is 0 Å². The van der Waals surface area contributed by atoms with Crippen molar-refractivity contribution in [2.45, 2.75) is 40.5 Å². The van der Waals surface area contributed by atoms with Gasteiger partial charge in [-0.25, -0.2) is 0 Å². The van der Waals surface area contributed by atoms with Gasteiger partial charge in [0.2, 0.25) is 5.91 Å². The topological polar surface area (TPSA) is 83.0 Å². The first-order valence-electron chi connectivity index (χ1n) is 8.77. The molecule has 0 aromatic rings. The van der Waals surface area contributed by atoms with Crippen molar-refractivity contribution in [2.24, 2.45) is 16.3 Å². The fourth-order valence-corrected chi connectivity index (χ4v) is 2.73. The molecule has 7 nitrogen and oxygen atoms in total. The van der Waals surface area contributed by atoms with Crippen molar-refractivity contribution in [1.29, 1.82) is 0 Å². The van der Waals surface area contributed by atoms with Gasteiger partial charge in [-0.1, -0.05) is 0 Å². The second-order valence-corrected chi connectivity index (χ2v) is 6.67. The first-order valence-corrected chi connectivity index (χ1v) is 8.77. The normalized spacial score (nSPS) is 19.0. The lowest BCUT2D eigenvalue weighted by molar-refractivity contribution is -0.149. The Bertz CT molecular complexity index is 463. The number of nitrogens with one attached hydrogen (secondary N) is 2. The number of hydrogen-bond donors (Lipinski definition) is 2. The molecule has 0 aliphatic carbocycles. The van der Waals surface area contributed by atoms with Crippen LogP contribution in [-0.2, 0) is 14.3 Å². The van der Waals surface area contributed by atoms with E-state index in [0.717, 1.165) is 31.9 Å². The predicted molar refractivity (Wildman–Crippen MR) is 94.8 cm³/mol. The zero-order valence-corrected chi connectivity index (χ0v) is 15.6. The van der Waals surface area contributed by atoms with Gasteiger partial charge in [0.15, 0.2) is 5.96 Å². The van der Waals surface area contributed by atoms with Gasteiger partial charge in [0.25, 0.3) is 0 Å². The van der Waals surface area contributed by atoms with E-state index in [2.05, 4.69) is 20.5 Å². The number of ether oxygens (including phenoxy) is 1. The fourth-order valence-electron chi connectivity index (χ4n) is 2.73. The van der Waals surface area contributed by atoms with Crippen molar-refractivity contribution in [2.75, 3.05) is 39.8 Å². The van der Waals surface area contributed by atoms with Gasteiger partial charge in [-0.2, -0.15) is 0 Å². The lowest BCUT2D eigenvalue weighted by atomic mass is 9.92. The summed E-state index contributed by atoms with van der Waals surface area (Å²) in [6, 6.07) is 0. The second-order valence-electron chi connectivity index (χ2n) is 6.67. The monoisotopic (exact) mass is 340 g/mol. The van der Waals surface area contributed by atoms with Gasteiger partial charge < -0.3 is 20.3 Å². The van der Waals surface area contributed by atoms with E-state index in [1.165, 1.54) is 0 Å². The molecule has 2 N–H and O–H groups in total. The molecule has 1 fully saturated rings. The molecule has 0 spiro atoms. The molecule has 1 unspecified atom stereocenters. The molecule has 1 rings (SSSR count). The number of aliphatic imine (C=N–C) groups is 1. The molecule has 7 heteroatoms. The predicted octanol–water partition coefficient (Wildman–Crippen LogP) is 0.999. The van der Waals surface area contributed by atoms with Crippen LogP contribution < -0.4 is 10.6 Å². The summed E-state index contributed by atoms with van der Waals surface area (Å²) in [5, 5.41) is 5.94. The third-order valence-corrected chi connectivity index (χ3v) is 4.14. The maximum absolute atomic E-state index is 12.0. The van der Waals surface area contributed by atoms with E-state index in [1.807, 2.05) is 27.7 Å². The third-order valence-electron chi connectivity index (χ3n) is 4.14. The van der Waals surface area contributed by atoms with Crippen LogP contribution in [0.4, 0.5) is 0 Å². The highest BCUT2D eigenvalue weighted by atomic mass is 16.5. The van der Waals surface area contributed by atoms with Gasteiger partial charge in [-0.05, 0) is 40.5 Å². The third kappa shape index (κ3) is 5.69. The Balaban J connectivity index is 2.81. The Kier molecular flexibility index (Phi) is 8.01. The highest BCUT2D eigenvalue weighted by molar-refractivity contribution is 5.84. The fraction of sp³-hybridized carbons (Fsp3) is 0.824. The Morgan fingerprint density at radius 3 is 2.62 bits per heavy atom. The van der Waals surface area contributed by atoms with Crippen LogP contribution in [0.2, 0.25) is 0 Å². The van der Waals surface area contributed by atoms with E-state index in [1.54, 1.807) is 7.05 Å². The summed E-state index contributed by atoms with van der Waals surface area (Å²) in [4.78, 5) is 30.7. The zero-order chi connectivity index (χ0) is 18.2. The highest BCUT2D eigenvalue weighted by Gasteiger charge is 2.30. The van der Waals surface area contributed by atoms with E-state index in [9.17, 15) is 9.59 Å². The minimum absolute atomic E-state index is 0.0369. The molecule has 1 heterocycles. The number of nitrogens with zero attached hydrogens (tertiary/aromatic N) is 2. The maximum Gasteiger partial charge on any atom is 0.310 e. The molecule has 0 saturated carbocycles. The average Bonchev–Trinajstić information content (AvgIpc) is 2.58. The van der Waals surface area contributed by atoms with E-state index in [-0.39, 0.29) is 17.8 Å². The van der Waals surface area contributed by atoms with Gasteiger partial charge >= 0.3 is 5.97 Å². The van der Waals surface area contributed by atoms with Gasteiger partial charge in [-0.3, -0.25) is 14.6 Å². The molecule has 1 aliphatic rings. The number of esters is 1. The first-order chi connectivity index (χ1) is 11.4. The molecular formula is C17H32N4O3. The first kappa shape index (κ1) is 20.3. The molecule has 138 valence electrons. The van der Waals surface area contributed by atoms with Crippen LogP contribution >= 0.6 is 0 Å². The Labute approximate surface area is 145 Å². The summed E-state index contributed by atoms with van der Waals surface area (Å²) < 4.78 is 5.15. The van der Waals surface area contributed by atoms with Gasteiger partial charge in [-0.15, -0.1) is 0 Å². The van der Waals surface area contributed by atoms with Gasteiger partial charge in [0, 0.05) is 26.7 Å². The van der Waals surface area contributed by atoms with Gasteiger partial charge in [0.05, 0.1) is 24.5 Å². The highest BCUT2D eigenvalue weighted by Crippen LogP contribution is 2.19. The molecule has 1 atom stereocenters. The SMILES string of the molecule is CCNC(=NCC(C)(C)C(=O)NC)N1CCCC(C(=O)OCC)C1. The lowest BCUT2D eigenvalue weighted by Crippen LogP contribution is -2.49. The van der Waals surface area contributed by atoms with Crippen molar-refractivity contribution in [3.8, 4) is 0 Å². The molecule has 0 radical (unpaired) electrons. The number of carbonyl (C=O) groups is 2. The number of piperidine rings is 1. The number of likely N-dealkylation sites (tertiary alicyclic amines) is 1. The number of amides is 1. The summed E-state index contributed by atoms with van der Waals surface area (Å²) in [6.07, 6.45) is 1.77. The van der Waals surface area contributed by atoms with Crippen molar-refractivity contribution >= 4 is 17.8 Å². The Hall–Kier alpha value is -1.79. The van der Waals surface area contributed by atoms with Gasteiger partial charge in [0.1, 0.15) is 0 Å². The molecule has 1 amide bonds. The van der Waals surface area contributed by atoms with Crippen LogP contribution in [0.3, 0.4) is 0 Å². The summed E-state index contributed by atoms with van der Waals surface area (Å²) in [7, 11) is 1.63. The van der Waals surface area contributed by atoms with Crippen LogP contribution in [0.25, 0.3) is 0 Å². The standard InChI is InChI=1S/C17H32N4O3/c1-6-19-16(20-12-17(3,4)15(23)18-5)21-10-8-9-13(11-21)14(22)24-7-2/h13H,6-12H2,1-5H3,(H,18,23)(H,19,20). The zero-order valence-electron chi connectivity index (χ0n) is 15.6. The lowest BCUT2D eigenvalue weighted by Gasteiger charge is -2.34. The maximum atomic E-state index is 12.0. The van der Waals surface area contributed by atoms with E-state index in [4.69, 9.17) is 4.74 Å². The molecule has 1 aliphatic heterocycles. The van der Waals surface area contributed by atoms with Crippen LogP contribution in [0, 0.1) is 11.3 Å². The quantitative estimate of drug-likeness (QED) is 0.428. The van der Waals surface area contributed by atoms with E-state index < -0.39 is 5.41 Å². The van der Waals surface area contributed by atoms with Crippen molar-refractivity contribution in [3.63, 3.8) is 0 Å². The largest absolute Gasteiger partial charge is 0.466 e. The molecular weight excluding hydrogens is 308 g/mol. The van der Waals surface area contributed by atoms with Crippen molar-refractivity contribution in [1.82, 2.24) is 15.5 Å². The Morgan fingerprint density at radius 1 is 1.33 bits per heavy atom. The van der Waals surface area contributed by atoms with E-state index in [0.29, 0.717) is 19.7 Å². The average molecular weight is 340 g/mol. The van der Waals surface area contributed by atoms with Crippen molar-refractivity contribution in [3.05, 3.63) is 0 Å². The minimum atomic E-state index is -0.578.